The Morgan fingerprint density at radius 2 is 2.06 bits per heavy atom. The number of ether oxygens (including phenoxy) is 1. The van der Waals surface area contributed by atoms with Crippen LogP contribution in [-0.4, -0.2) is 40.6 Å². The third-order valence-corrected chi connectivity index (χ3v) is 2.84. The summed E-state index contributed by atoms with van der Waals surface area (Å²) in [5.41, 5.74) is -0.565. The highest BCUT2D eigenvalue weighted by molar-refractivity contribution is 5.68. The summed E-state index contributed by atoms with van der Waals surface area (Å²) in [7, 11) is 0. The van der Waals surface area contributed by atoms with Crippen LogP contribution in [0.5, 0.6) is 0 Å². The van der Waals surface area contributed by atoms with E-state index in [0.717, 1.165) is 0 Å². The first-order valence-corrected chi connectivity index (χ1v) is 5.82. The highest BCUT2D eigenvalue weighted by atomic mass is 16.6. The molecule has 1 aliphatic heterocycles. The van der Waals surface area contributed by atoms with E-state index in [1.165, 1.54) is 4.90 Å². The molecule has 0 spiro atoms. The van der Waals surface area contributed by atoms with Crippen LogP contribution in [0.3, 0.4) is 0 Å². The van der Waals surface area contributed by atoms with Gasteiger partial charge in [0.05, 0.1) is 6.54 Å². The minimum absolute atomic E-state index is 0.00341. The molecule has 0 unspecified atom stereocenters. The number of carbonyl (C=O) groups excluding carboxylic acids is 1. The van der Waals surface area contributed by atoms with Crippen molar-refractivity contribution in [3.05, 3.63) is 10.1 Å². The zero-order valence-corrected chi connectivity index (χ0v) is 10.8. The second kappa shape index (κ2) is 4.89. The van der Waals surface area contributed by atoms with Crippen LogP contribution in [0.2, 0.25) is 0 Å². The lowest BCUT2D eigenvalue weighted by atomic mass is 9.94. The van der Waals surface area contributed by atoms with Crippen molar-refractivity contribution < 1.29 is 14.5 Å². The molecule has 1 amide bonds. The van der Waals surface area contributed by atoms with Crippen LogP contribution in [0.1, 0.15) is 34.1 Å². The summed E-state index contributed by atoms with van der Waals surface area (Å²) in [4.78, 5) is 23.7. The molecule has 6 nitrogen and oxygen atoms in total. The topological polar surface area (TPSA) is 72.7 Å². The number of nitrogens with zero attached hydrogens (tertiary/aromatic N) is 2. The van der Waals surface area contributed by atoms with Crippen LogP contribution >= 0.6 is 0 Å². The number of piperidine rings is 1. The SMILES string of the molecule is C[C@@H]1CCN(C(=O)OC(C)(C)C)C[C@@H]1[N+](=O)[O-]. The van der Waals surface area contributed by atoms with Gasteiger partial charge >= 0.3 is 6.09 Å². The van der Waals surface area contributed by atoms with Crippen LogP contribution < -0.4 is 0 Å². The summed E-state index contributed by atoms with van der Waals surface area (Å²) in [6.07, 6.45) is 0.182. The monoisotopic (exact) mass is 244 g/mol. The summed E-state index contributed by atoms with van der Waals surface area (Å²) in [6.45, 7) is 7.86. The van der Waals surface area contributed by atoms with Crippen LogP contribution in [0, 0.1) is 16.0 Å². The molecule has 0 saturated carbocycles. The highest BCUT2D eigenvalue weighted by Gasteiger charge is 2.37. The van der Waals surface area contributed by atoms with Gasteiger partial charge in [0.2, 0.25) is 6.04 Å². The van der Waals surface area contributed by atoms with Crippen molar-refractivity contribution in [2.45, 2.75) is 45.8 Å². The zero-order valence-electron chi connectivity index (χ0n) is 10.8. The van der Waals surface area contributed by atoms with Gasteiger partial charge in [-0.15, -0.1) is 0 Å². The fourth-order valence-corrected chi connectivity index (χ4v) is 1.82. The first-order valence-electron chi connectivity index (χ1n) is 5.82. The first kappa shape index (κ1) is 13.7. The van der Waals surface area contributed by atoms with Gasteiger partial charge < -0.3 is 9.64 Å². The molecular formula is C11H20N2O4. The molecule has 2 atom stereocenters. The Balaban J connectivity index is 2.62. The smallest absolute Gasteiger partial charge is 0.410 e. The van der Waals surface area contributed by atoms with E-state index in [-0.39, 0.29) is 17.4 Å². The fraction of sp³-hybridized carbons (Fsp3) is 0.909. The lowest BCUT2D eigenvalue weighted by Crippen LogP contribution is -2.50. The second-order valence-electron chi connectivity index (χ2n) is 5.55. The Kier molecular flexibility index (Phi) is 3.95. The van der Waals surface area contributed by atoms with E-state index in [1.807, 2.05) is 6.92 Å². The van der Waals surface area contributed by atoms with E-state index in [0.29, 0.717) is 13.0 Å². The summed E-state index contributed by atoms with van der Waals surface area (Å²) >= 11 is 0. The minimum Gasteiger partial charge on any atom is -0.444 e. The van der Waals surface area contributed by atoms with Crippen molar-refractivity contribution in [1.29, 1.82) is 0 Å². The molecule has 17 heavy (non-hydrogen) atoms. The average molecular weight is 244 g/mol. The number of amides is 1. The van der Waals surface area contributed by atoms with Crippen molar-refractivity contribution in [3.63, 3.8) is 0 Å². The van der Waals surface area contributed by atoms with Crippen molar-refractivity contribution in [3.8, 4) is 0 Å². The second-order valence-corrected chi connectivity index (χ2v) is 5.55. The number of nitro groups is 1. The normalized spacial score (nSPS) is 25.5. The van der Waals surface area contributed by atoms with Crippen LogP contribution in [0.25, 0.3) is 0 Å². The highest BCUT2D eigenvalue weighted by Crippen LogP contribution is 2.21. The van der Waals surface area contributed by atoms with Crippen molar-refractivity contribution in [2.75, 3.05) is 13.1 Å². The van der Waals surface area contributed by atoms with E-state index < -0.39 is 17.7 Å². The first-order chi connectivity index (χ1) is 7.70. The largest absolute Gasteiger partial charge is 0.444 e. The van der Waals surface area contributed by atoms with Crippen molar-refractivity contribution >= 4 is 6.09 Å². The summed E-state index contributed by atoms with van der Waals surface area (Å²) < 4.78 is 5.20. The van der Waals surface area contributed by atoms with Gasteiger partial charge in [-0.25, -0.2) is 4.79 Å². The molecule has 1 saturated heterocycles. The molecule has 0 aromatic heterocycles. The third kappa shape index (κ3) is 3.87. The molecule has 0 bridgehead atoms. The Bertz CT molecular complexity index is 311. The zero-order chi connectivity index (χ0) is 13.2. The molecule has 1 heterocycles. The Hall–Kier alpha value is -1.33. The Morgan fingerprint density at radius 1 is 1.47 bits per heavy atom. The molecule has 0 radical (unpaired) electrons. The number of hydrogen-bond donors (Lipinski definition) is 0. The van der Waals surface area contributed by atoms with Crippen molar-refractivity contribution in [2.24, 2.45) is 5.92 Å². The van der Waals surface area contributed by atoms with Crippen LogP contribution in [-0.2, 0) is 4.74 Å². The molecule has 1 rings (SSSR count). The summed E-state index contributed by atoms with van der Waals surface area (Å²) in [5.74, 6) is 0.00341. The molecule has 0 aromatic rings. The van der Waals surface area contributed by atoms with Crippen LogP contribution in [0.4, 0.5) is 4.79 Å². The standard InChI is InChI=1S/C11H20N2O4/c1-8-5-6-12(7-9(8)13(15)16)10(14)17-11(2,3)4/h8-9H,5-7H2,1-4H3/t8-,9+/m1/s1. The molecule has 1 aliphatic rings. The van der Waals surface area contributed by atoms with E-state index in [9.17, 15) is 14.9 Å². The quantitative estimate of drug-likeness (QED) is 0.521. The van der Waals surface area contributed by atoms with Crippen molar-refractivity contribution in [1.82, 2.24) is 4.90 Å². The maximum absolute atomic E-state index is 11.8. The number of hydrogen-bond acceptors (Lipinski definition) is 4. The van der Waals surface area contributed by atoms with Gasteiger partial charge in [0.1, 0.15) is 5.60 Å². The maximum Gasteiger partial charge on any atom is 0.410 e. The predicted octanol–water partition coefficient (Wildman–Crippen LogP) is 1.91. The summed E-state index contributed by atoms with van der Waals surface area (Å²) in [5, 5.41) is 10.8. The predicted molar refractivity (Wildman–Crippen MR) is 62.4 cm³/mol. The maximum atomic E-state index is 11.8. The van der Waals surface area contributed by atoms with Crippen LogP contribution in [0.15, 0.2) is 0 Å². The van der Waals surface area contributed by atoms with E-state index in [1.54, 1.807) is 20.8 Å². The van der Waals surface area contributed by atoms with Gasteiger partial charge in [-0.1, -0.05) is 6.92 Å². The number of rotatable bonds is 1. The lowest BCUT2D eigenvalue weighted by Gasteiger charge is -2.33. The molecule has 0 aromatic carbocycles. The molecule has 0 aliphatic carbocycles. The van der Waals surface area contributed by atoms with Gasteiger partial charge in [0.15, 0.2) is 0 Å². The van der Waals surface area contributed by atoms with Gasteiger partial charge in [0, 0.05) is 17.4 Å². The Labute approximate surface area is 101 Å². The average Bonchev–Trinajstić information content (AvgIpc) is 2.14. The number of carbonyl (C=O) groups is 1. The van der Waals surface area contributed by atoms with E-state index >= 15 is 0 Å². The van der Waals surface area contributed by atoms with E-state index in [2.05, 4.69) is 0 Å². The van der Waals surface area contributed by atoms with Gasteiger partial charge in [-0.05, 0) is 27.2 Å². The third-order valence-electron chi connectivity index (χ3n) is 2.84. The van der Waals surface area contributed by atoms with Gasteiger partial charge in [-0.2, -0.15) is 0 Å². The lowest BCUT2D eigenvalue weighted by molar-refractivity contribution is -0.534. The van der Waals surface area contributed by atoms with Gasteiger partial charge in [-0.3, -0.25) is 10.1 Å². The minimum atomic E-state index is -0.684. The molecule has 1 fully saturated rings. The number of likely N-dealkylation sites (tertiary alicyclic amines) is 1. The fourth-order valence-electron chi connectivity index (χ4n) is 1.82. The van der Waals surface area contributed by atoms with Gasteiger partial charge in [0.25, 0.3) is 0 Å². The van der Waals surface area contributed by atoms with E-state index in [4.69, 9.17) is 4.74 Å². The molecule has 6 heteroatoms. The summed E-state index contributed by atoms with van der Waals surface area (Å²) in [6, 6.07) is -0.684. The molecular weight excluding hydrogens is 224 g/mol. The molecule has 0 N–H and O–H groups in total. The molecule has 98 valence electrons. The Morgan fingerprint density at radius 3 is 2.53 bits per heavy atom.